The second-order valence-corrected chi connectivity index (χ2v) is 6.63. The Hall–Kier alpha value is -0.130. The van der Waals surface area contributed by atoms with Crippen LogP contribution >= 0.6 is 0 Å². The van der Waals surface area contributed by atoms with Gasteiger partial charge >= 0.3 is 0 Å². The van der Waals surface area contributed by atoms with E-state index in [-0.39, 0.29) is 0 Å². The van der Waals surface area contributed by atoms with E-state index in [1.54, 1.807) is 0 Å². The summed E-state index contributed by atoms with van der Waals surface area (Å²) in [6.45, 7) is 3.59. The lowest BCUT2D eigenvalue weighted by molar-refractivity contribution is -0.870. The molecule has 0 atom stereocenters. The van der Waals surface area contributed by atoms with Gasteiger partial charge < -0.3 is 4.48 Å². The number of hydrogen-bond donors (Lipinski definition) is 1. The fourth-order valence-corrected chi connectivity index (χ4v) is 1.19. The Labute approximate surface area is 101 Å². The maximum Gasteiger partial charge on any atom is 0.261 e. The Balaban J connectivity index is 0. The summed E-state index contributed by atoms with van der Waals surface area (Å²) in [4.78, 5) is 0. The van der Waals surface area contributed by atoms with Crippen LogP contribution in [-0.2, 0) is 10.1 Å². The Morgan fingerprint density at radius 1 is 1.00 bits per heavy atom. The Kier molecular flexibility index (Phi) is 10.2. The van der Waals surface area contributed by atoms with Crippen LogP contribution in [0.3, 0.4) is 0 Å². The van der Waals surface area contributed by atoms with Gasteiger partial charge in [0.1, 0.15) is 0 Å². The summed E-state index contributed by atoms with van der Waals surface area (Å²) in [5, 5.41) is 0. The Morgan fingerprint density at radius 3 is 1.69 bits per heavy atom. The van der Waals surface area contributed by atoms with Crippen molar-refractivity contribution in [1.82, 2.24) is 0 Å². The molecule has 0 radical (unpaired) electrons. The number of hydrogen-bond acceptors (Lipinski definition) is 2. The minimum absolute atomic E-state index is 0.715. The second kappa shape index (κ2) is 8.96. The van der Waals surface area contributed by atoms with Gasteiger partial charge in [-0.25, -0.2) is 0 Å². The van der Waals surface area contributed by atoms with Crippen LogP contribution in [-0.4, -0.2) is 51.4 Å². The molecule has 0 aliphatic heterocycles. The third-order valence-electron chi connectivity index (χ3n) is 1.93. The summed E-state index contributed by atoms with van der Waals surface area (Å²) in [5.74, 6) is 0. The van der Waals surface area contributed by atoms with Crippen molar-refractivity contribution in [3.8, 4) is 0 Å². The molecule has 0 bridgehead atoms. The van der Waals surface area contributed by atoms with Crippen LogP contribution in [0.15, 0.2) is 0 Å². The molecule has 0 aromatic heterocycles. The van der Waals surface area contributed by atoms with Crippen LogP contribution in [0.2, 0.25) is 0 Å². The van der Waals surface area contributed by atoms with Crippen molar-refractivity contribution >= 4 is 10.1 Å². The second-order valence-electron chi connectivity index (χ2n) is 5.16. The number of rotatable bonds is 6. The van der Waals surface area contributed by atoms with Gasteiger partial charge in [-0.05, 0) is 12.8 Å². The lowest BCUT2D eigenvalue weighted by atomic mass is 10.1. The molecule has 4 nitrogen and oxygen atoms in total. The van der Waals surface area contributed by atoms with E-state index in [1.807, 2.05) is 0 Å². The summed E-state index contributed by atoms with van der Waals surface area (Å²) < 4.78 is 27.0. The van der Waals surface area contributed by atoms with E-state index in [1.165, 1.54) is 38.6 Å². The topological polar surface area (TPSA) is 54.4 Å². The molecule has 0 spiro atoms. The minimum Gasteiger partial charge on any atom is -0.331 e. The molecule has 1 N–H and O–H groups in total. The summed E-state index contributed by atoms with van der Waals surface area (Å²) in [7, 11) is 3.12. The quantitative estimate of drug-likeness (QED) is 0.449. The third kappa shape index (κ3) is 37.1. The van der Waals surface area contributed by atoms with Gasteiger partial charge in [0, 0.05) is 0 Å². The first-order valence-electron chi connectivity index (χ1n) is 5.79. The SMILES string of the molecule is CCCCCCC[N+](C)(C)C.CS(=O)(=O)O. The van der Waals surface area contributed by atoms with Crippen molar-refractivity contribution in [2.75, 3.05) is 33.9 Å². The largest absolute Gasteiger partial charge is 0.331 e. The van der Waals surface area contributed by atoms with Crippen molar-refractivity contribution in [2.24, 2.45) is 0 Å². The smallest absolute Gasteiger partial charge is 0.261 e. The van der Waals surface area contributed by atoms with Crippen molar-refractivity contribution in [1.29, 1.82) is 0 Å². The van der Waals surface area contributed by atoms with Crippen LogP contribution in [0.1, 0.15) is 39.0 Å². The molecule has 0 saturated carbocycles. The Bertz CT molecular complexity index is 234. The average molecular weight is 254 g/mol. The molecule has 0 aromatic rings. The van der Waals surface area contributed by atoms with Gasteiger partial charge in [0.25, 0.3) is 10.1 Å². The fraction of sp³-hybridized carbons (Fsp3) is 1.00. The van der Waals surface area contributed by atoms with Gasteiger partial charge in [0.2, 0.25) is 0 Å². The fourth-order valence-electron chi connectivity index (χ4n) is 1.19. The van der Waals surface area contributed by atoms with Gasteiger partial charge in [-0.2, -0.15) is 8.42 Å². The summed E-state index contributed by atoms with van der Waals surface area (Å²) in [5.41, 5.74) is 0. The molecule has 0 aliphatic carbocycles. The molecule has 0 fully saturated rings. The number of nitrogens with zero attached hydrogens (tertiary/aromatic N) is 1. The summed E-state index contributed by atoms with van der Waals surface area (Å²) in [6.07, 6.45) is 7.72. The first-order chi connectivity index (χ1) is 7.06. The lowest BCUT2D eigenvalue weighted by Gasteiger charge is -2.23. The van der Waals surface area contributed by atoms with Crippen LogP contribution in [0, 0.1) is 0 Å². The van der Waals surface area contributed by atoms with Crippen LogP contribution in [0.25, 0.3) is 0 Å². The summed E-state index contributed by atoms with van der Waals surface area (Å²) in [6, 6.07) is 0. The maximum absolute atomic E-state index is 9.19. The van der Waals surface area contributed by atoms with Crippen LogP contribution in [0.4, 0.5) is 0 Å². The highest BCUT2D eigenvalue weighted by Gasteiger charge is 2.04. The molecule has 100 valence electrons. The van der Waals surface area contributed by atoms with Crippen molar-refractivity contribution < 1.29 is 17.5 Å². The average Bonchev–Trinajstić information content (AvgIpc) is 1.98. The van der Waals surface area contributed by atoms with Crippen molar-refractivity contribution in [3.63, 3.8) is 0 Å². The normalized spacial score (nSPS) is 11.9. The van der Waals surface area contributed by atoms with E-state index in [0.717, 1.165) is 4.48 Å². The van der Waals surface area contributed by atoms with Crippen LogP contribution in [0.5, 0.6) is 0 Å². The molecule has 0 amide bonds. The van der Waals surface area contributed by atoms with Crippen molar-refractivity contribution in [2.45, 2.75) is 39.0 Å². The van der Waals surface area contributed by atoms with E-state index >= 15 is 0 Å². The van der Waals surface area contributed by atoms with Gasteiger partial charge in [-0.1, -0.05) is 26.2 Å². The maximum atomic E-state index is 9.19. The zero-order valence-corrected chi connectivity index (χ0v) is 12.2. The minimum atomic E-state index is -3.67. The zero-order valence-electron chi connectivity index (χ0n) is 11.4. The Morgan fingerprint density at radius 2 is 1.38 bits per heavy atom. The predicted molar refractivity (Wildman–Crippen MR) is 69.1 cm³/mol. The molecule has 0 aliphatic rings. The molecule has 0 unspecified atom stereocenters. The first-order valence-corrected chi connectivity index (χ1v) is 7.64. The zero-order chi connectivity index (χ0) is 13.2. The molecule has 0 heterocycles. The molecule has 0 saturated heterocycles. The highest BCUT2D eigenvalue weighted by atomic mass is 32.2. The van der Waals surface area contributed by atoms with E-state index < -0.39 is 10.1 Å². The van der Waals surface area contributed by atoms with E-state index in [2.05, 4.69) is 28.1 Å². The van der Waals surface area contributed by atoms with E-state index in [0.29, 0.717) is 6.26 Å². The predicted octanol–water partition coefficient (Wildman–Crippen LogP) is 2.17. The van der Waals surface area contributed by atoms with E-state index in [4.69, 9.17) is 4.55 Å². The standard InChI is InChI=1S/C10H24N.CH4O3S/c1-5-6-7-8-9-10-11(2,3)4;1-5(2,3)4/h5-10H2,1-4H3;1H3,(H,2,3,4)/q+1;. The molecule has 0 aromatic carbocycles. The van der Waals surface area contributed by atoms with E-state index in [9.17, 15) is 8.42 Å². The van der Waals surface area contributed by atoms with Gasteiger partial charge in [-0.15, -0.1) is 0 Å². The lowest BCUT2D eigenvalue weighted by Crippen LogP contribution is -2.35. The summed E-state index contributed by atoms with van der Waals surface area (Å²) >= 11 is 0. The first kappa shape index (κ1) is 18.2. The number of quaternary nitrogens is 1. The number of unbranched alkanes of at least 4 members (excludes halogenated alkanes) is 4. The van der Waals surface area contributed by atoms with Gasteiger partial charge in [0.15, 0.2) is 0 Å². The highest BCUT2D eigenvalue weighted by Crippen LogP contribution is 2.04. The molecule has 5 heteroatoms. The molecular weight excluding hydrogens is 226 g/mol. The highest BCUT2D eigenvalue weighted by molar-refractivity contribution is 7.85. The monoisotopic (exact) mass is 254 g/mol. The van der Waals surface area contributed by atoms with Crippen LogP contribution < -0.4 is 0 Å². The molecule has 16 heavy (non-hydrogen) atoms. The third-order valence-corrected chi connectivity index (χ3v) is 1.93. The van der Waals surface area contributed by atoms with Gasteiger partial charge in [0.05, 0.1) is 33.9 Å². The molecule has 0 rings (SSSR count). The molecular formula is C11H28NO3S+. The van der Waals surface area contributed by atoms with Gasteiger partial charge in [-0.3, -0.25) is 4.55 Å². The van der Waals surface area contributed by atoms with Crippen molar-refractivity contribution in [3.05, 3.63) is 0 Å².